The number of hydrogen-bond donors (Lipinski definition) is 2. The maximum Gasteiger partial charge on any atom is 0.300 e. The fraction of sp³-hybridized carbons (Fsp3) is 0.200. The van der Waals surface area contributed by atoms with Crippen molar-refractivity contribution in [3.63, 3.8) is 0 Å². The summed E-state index contributed by atoms with van der Waals surface area (Å²) in [5.74, 6) is -1.67. The highest BCUT2D eigenvalue weighted by atomic mass is 127. The van der Waals surface area contributed by atoms with Gasteiger partial charge in [0, 0.05) is 22.4 Å². The van der Waals surface area contributed by atoms with Crippen molar-refractivity contribution >= 4 is 44.7 Å². The molecule has 0 heterocycles. The summed E-state index contributed by atoms with van der Waals surface area (Å²) in [6.07, 6.45) is 0. The number of carboxylic acid groups (broad SMARTS) is 2. The van der Waals surface area contributed by atoms with Crippen LogP contribution in [0.15, 0.2) is 24.3 Å². The lowest BCUT2D eigenvalue weighted by atomic mass is 10.4. The minimum absolute atomic E-state index is 0.656. The van der Waals surface area contributed by atoms with Gasteiger partial charge in [0.25, 0.3) is 11.9 Å². The Morgan fingerprint density at radius 3 is 1.82 bits per heavy atom. The van der Waals surface area contributed by atoms with Crippen LogP contribution in [0.2, 0.25) is 5.02 Å². The molecule has 5 nitrogen and oxygen atoms in total. The van der Waals surface area contributed by atoms with Gasteiger partial charge in [-0.2, -0.15) is 0 Å². The van der Waals surface area contributed by atoms with E-state index < -0.39 is 33.1 Å². The Morgan fingerprint density at radius 2 is 1.59 bits per heavy atom. The number of carbonyl (C=O) groups is 2. The maximum absolute atomic E-state index is 10.3. The predicted molar refractivity (Wildman–Crippen MR) is 71.5 cm³/mol. The minimum atomic E-state index is -1.04. The van der Waals surface area contributed by atoms with Gasteiger partial charge in [0.15, 0.2) is 21.2 Å². The van der Waals surface area contributed by atoms with Crippen LogP contribution in [0, 0.1) is 3.57 Å². The van der Waals surface area contributed by atoms with Gasteiger partial charge in [0.1, 0.15) is 0 Å². The summed E-state index contributed by atoms with van der Waals surface area (Å²) < 4.78 is 11.2. The molecular weight excluding hydrogens is 362 g/mol. The van der Waals surface area contributed by atoms with Crippen LogP contribution in [-0.4, -0.2) is 22.2 Å². The molecule has 0 unspecified atom stereocenters. The second-order valence-electron chi connectivity index (χ2n) is 2.56. The number of hydrogen-bond acceptors (Lipinski definition) is 3. The Bertz CT molecular complexity index is 361. The predicted octanol–water partition coefficient (Wildman–Crippen LogP) is 3.01. The van der Waals surface area contributed by atoms with E-state index in [0.717, 1.165) is 17.4 Å². The van der Waals surface area contributed by atoms with E-state index >= 15 is 0 Å². The Balaban J connectivity index is 0. The molecule has 7 heteroatoms. The fourth-order valence-electron chi connectivity index (χ4n) is 0.508. The van der Waals surface area contributed by atoms with Gasteiger partial charge in [-0.25, -0.2) is 0 Å². The Labute approximate surface area is 114 Å². The molecule has 17 heavy (non-hydrogen) atoms. The van der Waals surface area contributed by atoms with Gasteiger partial charge in [-0.1, -0.05) is 17.7 Å². The van der Waals surface area contributed by atoms with Gasteiger partial charge in [0.2, 0.25) is 0 Å². The van der Waals surface area contributed by atoms with Crippen molar-refractivity contribution in [2.24, 2.45) is 0 Å². The van der Waals surface area contributed by atoms with Crippen molar-refractivity contribution in [2.75, 3.05) is 0 Å². The van der Waals surface area contributed by atoms with Gasteiger partial charge in [-0.15, -0.1) is 0 Å². The number of benzene rings is 1. The normalized spacial score (nSPS) is 7.94. The smallest absolute Gasteiger partial charge is 0.300 e. The SMILES string of the molecule is CC(=O)O.CC(=O)O.O=Ic1cccc(Cl)c1. The zero-order valence-corrected chi connectivity index (χ0v) is 12.1. The maximum atomic E-state index is 10.3. The van der Waals surface area contributed by atoms with Crippen molar-refractivity contribution in [3.8, 4) is 0 Å². The standard InChI is InChI=1S/C6H4ClIO.2C2H4O2/c7-5-2-1-3-6(4-5)8-9;2*1-2(3)4/h1-4H;2*1H3,(H,3,4). The summed E-state index contributed by atoms with van der Waals surface area (Å²) >= 11 is 4.56. The molecule has 0 fully saturated rings. The molecule has 0 radical (unpaired) electrons. The lowest BCUT2D eigenvalue weighted by molar-refractivity contribution is -0.135. The summed E-state index contributed by atoms with van der Waals surface area (Å²) in [5, 5.41) is 15.5. The highest BCUT2D eigenvalue weighted by Crippen LogP contribution is 2.14. The summed E-state index contributed by atoms with van der Waals surface area (Å²) in [6.45, 7) is 2.17. The van der Waals surface area contributed by atoms with Crippen molar-refractivity contribution in [2.45, 2.75) is 13.8 Å². The highest BCUT2D eigenvalue weighted by molar-refractivity contribution is 14.1. The Morgan fingerprint density at radius 1 is 1.18 bits per heavy atom. The third kappa shape index (κ3) is 20.9. The molecule has 0 aromatic heterocycles. The zero-order valence-electron chi connectivity index (χ0n) is 9.18. The van der Waals surface area contributed by atoms with E-state index in [9.17, 15) is 3.07 Å². The third-order valence-corrected chi connectivity index (χ3v) is 2.29. The minimum Gasteiger partial charge on any atom is -0.481 e. The zero-order chi connectivity index (χ0) is 13.8. The van der Waals surface area contributed by atoms with Crippen LogP contribution >= 0.6 is 32.8 Å². The van der Waals surface area contributed by atoms with Crippen molar-refractivity contribution in [1.29, 1.82) is 0 Å². The molecule has 96 valence electrons. The number of carboxylic acids is 2. The molecule has 0 bridgehead atoms. The second-order valence-corrected chi connectivity index (χ2v) is 4.68. The lowest BCUT2D eigenvalue weighted by Gasteiger charge is -1.86. The van der Waals surface area contributed by atoms with E-state index in [1.54, 1.807) is 18.2 Å². The van der Waals surface area contributed by atoms with Crippen molar-refractivity contribution in [1.82, 2.24) is 0 Å². The molecule has 1 rings (SSSR count). The van der Waals surface area contributed by atoms with Gasteiger partial charge in [-0.05, 0) is 18.2 Å². The van der Waals surface area contributed by atoms with E-state index in [-0.39, 0.29) is 0 Å². The molecule has 0 aliphatic carbocycles. The summed E-state index contributed by atoms with van der Waals surface area (Å²) in [5.41, 5.74) is 0. The topological polar surface area (TPSA) is 91.7 Å². The largest absolute Gasteiger partial charge is 0.481 e. The van der Waals surface area contributed by atoms with Crippen molar-refractivity contribution in [3.05, 3.63) is 32.9 Å². The van der Waals surface area contributed by atoms with Gasteiger partial charge >= 0.3 is 0 Å². The molecular formula is C10H12ClIO5. The van der Waals surface area contributed by atoms with Crippen LogP contribution in [0.25, 0.3) is 0 Å². The average Bonchev–Trinajstić information content (AvgIpc) is 2.16. The molecule has 0 saturated heterocycles. The lowest BCUT2D eigenvalue weighted by Crippen LogP contribution is -1.78. The van der Waals surface area contributed by atoms with Crippen LogP contribution in [0.5, 0.6) is 0 Å². The first-order valence-electron chi connectivity index (χ1n) is 4.21. The molecule has 2 N–H and O–H groups in total. The van der Waals surface area contributed by atoms with E-state index in [4.69, 9.17) is 31.4 Å². The first kappa shape index (κ1) is 18.3. The van der Waals surface area contributed by atoms with Gasteiger partial charge in [-0.3, -0.25) is 12.7 Å². The number of rotatable bonds is 1. The molecule has 0 aliphatic rings. The second kappa shape index (κ2) is 11.5. The summed E-state index contributed by atoms with van der Waals surface area (Å²) in [7, 11) is 0. The molecule has 1 aromatic rings. The molecule has 0 aliphatic heterocycles. The molecule has 0 amide bonds. The summed E-state index contributed by atoms with van der Waals surface area (Å²) in [6, 6.07) is 7.10. The van der Waals surface area contributed by atoms with Crippen LogP contribution in [0.3, 0.4) is 0 Å². The quantitative estimate of drug-likeness (QED) is 0.737. The van der Waals surface area contributed by atoms with Gasteiger partial charge in [0.05, 0.1) is 0 Å². The molecule has 0 spiro atoms. The third-order valence-electron chi connectivity index (χ3n) is 0.876. The van der Waals surface area contributed by atoms with E-state index in [2.05, 4.69) is 0 Å². The Kier molecular flexibility index (Phi) is 12.4. The van der Waals surface area contributed by atoms with Crippen LogP contribution in [-0.2, 0) is 12.7 Å². The number of aliphatic carboxylic acids is 2. The van der Waals surface area contributed by atoms with Crippen molar-refractivity contribution < 1.29 is 22.9 Å². The van der Waals surface area contributed by atoms with E-state index in [1.165, 1.54) is 0 Å². The van der Waals surface area contributed by atoms with E-state index in [1.807, 2.05) is 6.07 Å². The Hall–Kier alpha value is -1.02. The van der Waals surface area contributed by atoms with E-state index in [0.29, 0.717) is 5.02 Å². The monoisotopic (exact) mass is 374 g/mol. The average molecular weight is 375 g/mol. The molecule has 0 saturated carbocycles. The fourth-order valence-corrected chi connectivity index (χ4v) is 1.70. The molecule has 0 atom stereocenters. The first-order chi connectivity index (χ1) is 7.79. The van der Waals surface area contributed by atoms with Crippen LogP contribution in [0.4, 0.5) is 0 Å². The first-order valence-corrected chi connectivity index (χ1v) is 6.55. The van der Waals surface area contributed by atoms with Crippen LogP contribution < -0.4 is 0 Å². The van der Waals surface area contributed by atoms with Crippen LogP contribution in [0.1, 0.15) is 13.8 Å². The van der Waals surface area contributed by atoms with Gasteiger partial charge < -0.3 is 10.2 Å². The summed E-state index contributed by atoms with van der Waals surface area (Å²) in [4.78, 5) is 18.0. The highest BCUT2D eigenvalue weighted by Gasteiger charge is 1.89. The molecule has 1 aromatic carbocycles. The number of halogens is 2.